The molecule has 9 heteroatoms. The number of likely N-dealkylation sites (tertiary alicyclic amines) is 1. The lowest BCUT2D eigenvalue weighted by Gasteiger charge is -2.16. The summed E-state index contributed by atoms with van der Waals surface area (Å²) in [6.07, 6.45) is -3.34. The molecule has 1 unspecified atom stereocenters. The number of nitrogens with zero attached hydrogens (tertiary/aromatic N) is 3. The fraction of sp³-hybridized carbons (Fsp3) is 0.348. The number of carbonyl (C=O) groups is 1. The third-order valence-electron chi connectivity index (χ3n) is 5.33. The van der Waals surface area contributed by atoms with Crippen LogP contribution in [0.25, 0.3) is 11.4 Å². The highest BCUT2D eigenvalue weighted by molar-refractivity contribution is 5.79. The zero-order valence-corrected chi connectivity index (χ0v) is 17.8. The minimum Gasteiger partial charge on any atom is -0.497 e. The maximum Gasteiger partial charge on any atom is 0.397 e. The largest absolute Gasteiger partial charge is 0.497 e. The molecule has 0 aliphatic carbocycles. The average molecular weight is 443 g/mol. The highest BCUT2D eigenvalue weighted by Crippen LogP contribution is 2.31. The predicted molar refractivity (Wildman–Crippen MR) is 111 cm³/mol. The van der Waals surface area contributed by atoms with Crippen LogP contribution < -0.4 is 9.47 Å². The second-order valence-electron chi connectivity index (χ2n) is 7.60. The van der Waals surface area contributed by atoms with E-state index >= 15 is 0 Å². The molecule has 1 amide bonds. The van der Waals surface area contributed by atoms with E-state index in [2.05, 4.69) is 14.9 Å². The maximum absolute atomic E-state index is 13.4. The Morgan fingerprint density at radius 1 is 1.12 bits per heavy atom. The topological polar surface area (TPSA) is 77.7 Å². The fourth-order valence-corrected chi connectivity index (χ4v) is 3.48. The summed E-state index contributed by atoms with van der Waals surface area (Å²) in [5.74, 6) is 1.34. The van der Waals surface area contributed by atoms with Gasteiger partial charge in [0.1, 0.15) is 11.5 Å². The molecule has 1 aromatic heterocycles. The Hall–Kier alpha value is -3.49. The molecule has 0 spiro atoms. The Morgan fingerprint density at radius 3 is 2.47 bits per heavy atom. The van der Waals surface area contributed by atoms with Crippen molar-refractivity contribution in [3.63, 3.8) is 0 Å². The molecular weight excluding hydrogens is 420 g/mol. The minimum absolute atomic E-state index is 0.0175. The second kappa shape index (κ2) is 8.94. The van der Waals surface area contributed by atoms with Gasteiger partial charge in [0.15, 0.2) is 0 Å². The van der Waals surface area contributed by atoms with Crippen molar-refractivity contribution >= 4 is 5.91 Å². The van der Waals surface area contributed by atoms with Gasteiger partial charge in [-0.15, -0.1) is 0 Å². The first-order chi connectivity index (χ1) is 15.4. The Balaban J connectivity index is 1.40. The van der Waals surface area contributed by atoms with E-state index in [0.29, 0.717) is 30.4 Å². The van der Waals surface area contributed by atoms with Crippen LogP contribution in [0.3, 0.4) is 0 Å². The van der Waals surface area contributed by atoms with E-state index in [0.717, 1.165) is 11.3 Å². The van der Waals surface area contributed by atoms with Gasteiger partial charge in [-0.3, -0.25) is 4.79 Å². The smallest absolute Gasteiger partial charge is 0.397 e. The maximum atomic E-state index is 13.4. The van der Waals surface area contributed by atoms with Crippen LogP contribution >= 0.6 is 0 Å². The number of methoxy groups -OCH3 is 1. The molecule has 3 aromatic rings. The molecule has 0 saturated carbocycles. The van der Waals surface area contributed by atoms with Gasteiger partial charge < -0.3 is 18.9 Å². The van der Waals surface area contributed by atoms with Crippen molar-refractivity contribution in [2.45, 2.75) is 38.3 Å². The molecular formula is C23H23F2N3O4. The predicted octanol–water partition coefficient (Wildman–Crippen LogP) is 4.64. The van der Waals surface area contributed by atoms with Crippen molar-refractivity contribution in [1.29, 1.82) is 0 Å². The number of hydrogen-bond donors (Lipinski definition) is 0. The van der Waals surface area contributed by atoms with Crippen LogP contribution in [0.4, 0.5) is 8.78 Å². The van der Waals surface area contributed by atoms with E-state index < -0.39 is 12.5 Å². The Labute approximate surface area is 183 Å². The van der Waals surface area contributed by atoms with Crippen LogP contribution in [0, 0.1) is 0 Å². The number of hydrogen-bond acceptors (Lipinski definition) is 6. The molecule has 0 bridgehead atoms. The van der Waals surface area contributed by atoms with E-state index in [1.807, 2.05) is 24.3 Å². The number of alkyl halides is 2. The van der Waals surface area contributed by atoms with Gasteiger partial charge in [-0.2, -0.15) is 13.8 Å². The lowest BCUT2D eigenvalue weighted by atomic mass is 10.1. The quantitative estimate of drug-likeness (QED) is 0.505. The van der Waals surface area contributed by atoms with E-state index in [1.165, 1.54) is 19.1 Å². The number of ether oxygens (including phenoxy) is 2. The average Bonchev–Trinajstić information content (AvgIpc) is 3.42. The van der Waals surface area contributed by atoms with Gasteiger partial charge in [-0.05, 0) is 42.0 Å². The molecule has 7 nitrogen and oxygen atoms in total. The van der Waals surface area contributed by atoms with Gasteiger partial charge in [0.05, 0.1) is 13.0 Å². The first-order valence-corrected chi connectivity index (χ1v) is 10.3. The van der Waals surface area contributed by atoms with E-state index in [-0.39, 0.29) is 24.0 Å². The normalized spacial score (nSPS) is 16.4. The molecule has 1 aliphatic heterocycles. The number of amides is 1. The molecule has 32 heavy (non-hydrogen) atoms. The summed E-state index contributed by atoms with van der Waals surface area (Å²) in [6, 6.07) is 13.6. The zero-order valence-electron chi connectivity index (χ0n) is 17.8. The van der Waals surface area contributed by atoms with Gasteiger partial charge in [0, 0.05) is 31.5 Å². The van der Waals surface area contributed by atoms with Gasteiger partial charge in [0.25, 0.3) is 0 Å². The van der Waals surface area contributed by atoms with Crippen molar-refractivity contribution in [3.8, 4) is 22.9 Å². The summed E-state index contributed by atoms with van der Waals surface area (Å²) >= 11 is 0. The molecule has 2 heterocycles. The standard InChI is InChI=1S/C23H23F2N3O4/c1-3-23(24,25)31-19-10-6-16(7-11-19)21-26-22(32-27-21)17-12-20(29)28(14-17)13-15-4-8-18(30-2)9-5-15/h4-11,17H,3,12-14H2,1-2H3. The van der Waals surface area contributed by atoms with Crippen LogP contribution in [0.1, 0.15) is 37.1 Å². The summed E-state index contributed by atoms with van der Waals surface area (Å²) in [6.45, 7) is 2.32. The van der Waals surface area contributed by atoms with Crippen molar-refractivity contribution in [1.82, 2.24) is 15.0 Å². The molecule has 0 radical (unpaired) electrons. The van der Waals surface area contributed by atoms with Crippen LogP contribution in [0.15, 0.2) is 53.1 Å². The molecule has 4 rings (SSSR count). The van der Waals surface area contributed by atoms with Crippen molar-refractivity contribution in [2.24, 2.45) is 0 Å². The van der Waals surface area contributed by atoms with Gasteiger partial charge in [0.2, 0.25) is 17.6 Å². The number of rotatable bonds is 8. The third kappa shape index (κ3) is 4.87. The van der Waals surface area contributed by atoms with E-state index in [1.54, 1.807) is 24.1 Å². The zero-order chi connectivity index (χ0) is 22.7. The summed E-state index contributed by atoms with van der Waals surface area (Å²) in [7, 11) is 1.61. The van der Waals surface area contributed by atoms with Crippen LogP contribution in [0.5, 0.6) is 11.5 Å². The number of aromatic nitrogens is 2. The third-order valence-corrected chi connectivity index (χ3v) is 5.33. The molecule has 1 saturated heterocycles. The molecule has 1 fully saturated rings. The van der Waals surface area contributed by atoms with Crippen molar-refractivity contribution in [3.05, 3.63) is 60.0 Å². The highest BCUT2D eigenvalue weighted by Gasteiger charge is 2.34. The first kappa shape index (κ1) is 21.7. The van der Waals surface area contributed by atoms with E-state index in [4.69, 9.17) is 9.26 Å². The molecule has 168 valence electrons. The molecule has 2 aromatic carbocycles. The van der Waals surface area contributed by atoms with E-state index in [9.17, 15) is 13.6 Å². The van der Waals surface area contributed by atoms with Crippen LogP contribution in [-0.2, 0) is 11.3 Å². The summed E-state index contributed by atoms with van der Waals surface area (Å²) in [4.78, 5) is 18.7. The number of benzene rings is 2. The minimum atomic E-state index is -3.21. The summed E-state index contributed by atoms with van der Waals surface area (Å²) in [5, 5.41) is 3.99. The van der Waals surface area contributed by atoms with Gasteiger partial charge in [-0.25, -0.2) is 0 Å². The van der Waals surface area contributed by atoms with Crippen LogP contribution in [-0.4, -0.2) is 40.7 Å². The van der Waals surface area contributed by atoms with Crippen molar-refractivity contribution < 1.29 is 27.6 Å². The van der Waals surface area contributed by atoms with Gasteiger partial charge >= 0.3 is 6.11 Å². The molecule has 1 aliphatic rings. The fourth-order valence-electron chi connectivity index (χ4n) is 3.48. The Bertz CT molecular complexity index is 1070. The van der Waals surface area contributed by atoms with Crippen LogP contribution in [0.2, 0.25) is 0 Å². The lowest BCUT2D eigenvalue weighted by molar-refractivity contribution is -0.177. The monoisotopic (exact) mass is 443 g/mol. The second-order valence-corrected chi connectivity index (χ2v) is 7.60. The molecule has 1 atom stereocenters. The SMILES string of the molecule is CCC(F)(F)Oc1ccc(-c2noc(C3CC(=O)N(Cc4ccc(OC)cc4)C3)n2)cc1. The Morgan fingerprint density at radius 2 is 1.81 bits per heavy atom. The highest BCUT2D eigenvalue weighted by atomic mass is 19.3. The summed E-state index contributed by atoms with van der Waals surface area (Å²) in [5.41, 5.74) is 1.61. The van der Waals surface area contributed by atoms with Gasteiger partial charge in [-0.1, -0.05) is 24.2 Å². The molecule has 0 N–H and O–H groups in total. The lowest BCUT2D eigenvalue weighted by Crippen LogP contribution is -2.24. The summed E-state index contributed by atoms with van der Waals surface area (Å²) < 4.78 is 42.0. The Kier molecular flexibility index (Phi) is 6.07. The number of halogens is 2. The number of carbonyl (C=O) groups excluding carboxylic acids is 1. The first-order valence-electron chi connectivity index (χ1n) is 10.3. The van der Waals surface area contributed by atoms with Crippen molar-refractivity contribution in [2.75, 3.05) is 13.7 Å².